The summed E-state index contributed by atoms with van der Waals surface area (Å²) in [5, 5.41) is 0. The quantitative estimate of drug-likeness (QED) is 0.716. The molecule has 0 aliphatic heterocycles. The standard InChI is InChI=1S/C12H19NO/c1-4-5-6-11-7-8-12(9-13-11)14-10(2)3/h7-10H,4-6H2,1-3H3. The van der Waals surface area contributed by atoms with Crippen molar-refractivity contribution < 1.29 is 4.74 Å². The molecule has 1 heterocycles. The molecule has 0 fully saturated rings. The summed E-state index contributed by atoms with van der Waals surface area (Å²) >= 11 is 0. The monoisotopic (exact) mass is 193 g/mol. The summed E-state index contributed by atoms with van der Waals surface area (Å²) < 4.78 is 5.51. The molecule has 0 aliphatic rings. The molecule has 0 saturated heterocycles. The second-order valence-electron chi connectivity index (χ2n) is 3.76. The number of unbranched alkanes of at least 4 members (excludes halogenated alkanes) is 1. The molecule has 1 rings (SSSR count). The average Bonchev–Trinajstić information content (AvgIpc) is 2.16. The van der Waals surface area contributed by atoms with Gasteiger partial charge in [0.2, 0.25) is 0 Å². The molecule has 0 aliphatic carbocycles. The van der Waals surface area contributed by atoms with E-state index in [1.807, 2.05) is 32.2 Å². The van der Waals surface area contributed by atoms with Crippen LogP contribution in [0, 0.1) is 0 Å². The Kier molecular flexibility index (Phi) is 4.44. The third-order valence-corrected chi connectivity index (χ3v) is 1.96. The molecule has 0 radical (unpaired) electrons. The minimum Gasteiger partial charge on any atom is -0.489 e. The van der Waals surface area contributed by atoms with Crippen molar-refractivity contribution in [3.8, 4) is 5.75 Å². The Morgan fingerprint density at radius 1 is 1.36 bits per heavy atom. The predicted molar refractivity (Wildman–Crippen MR) is 58.6 cm³/mol. The number of rotatable bonds is 5. The van der Waals surface area contributed by atoms with Crippen LogP contribution in [-0.2, 0) is 6.42 Å². The molecular formula is C12H19NO. The number of pyridine rings is 1. The maximum Gasteiger partial charge on any atom is 0.137 e. The van der Waals surface area contributed by atoms with Gasteiger partial charge in [0.25, 0.3) is 0 Å². The van der Waals surface area contributed by atoms with Crippen LogP contribution < -0.4 is 4.74 Å². The van der Waals surface area contributed by atoms with E-state index in [0.717, 1.165) is 17.9 Å². The van der Waals surface area contributed by atoms with Crippen LogP contribution >= 0.6 is 0 Å². The summed E-state index contributed by atoms with van der Waals surface area (Å²) in [5.41, 5.74) is 1.16. The van der Waals surface area contributed by atoms with Gasteiger partial charge in [0.05, 0.1) is 12.3 Å². The van der Waals surface area contributed by atoms with Gasteiger partial charge in [-0.3, -0.25) is 4.98 Å². The average molecular weight is 193 g/mol. The van der Waals surface area contributed by atoms with Crippen molar-refractivity contribution in [2.24, 2.45) is 0 Å². The first kappa shape index (κ1) is 11.0. The summed E-state index contributed by atoms with van der Waals surface area (Å²) in [6, 6.07) is 4.05. The molecular weight excluding hydrogens is 174 g/mol. The van der Waals surface area contributed by atoms with E-state index in [4.69, 9.17) is 4.74 Å². The summed E-state index contributed by atoms with van der Waals surface area (Å²) in [6.07, 6.45) is 5.52. The second kappa shape index (κ2) is 5.63. The Balaban J connectivity index is 2.50. The lowest BCUT2D eigenvalue weighted by Crippen LogP contribution is -2.05. The first-order valence-corrected chi connectivity index (χ1v) is 5.34. The number of aromatic nitrogens is 1. The van der Waals surface area contributed by atoms with Crippen LogP contribution in [0.3, 0.4) is 0 Å². The van der Waals surface area contributed by atoms with Crippen LogP contribution in [0.2, 0.25) is 0 Å². The van der Waals surface area contributed by atoms with Gasteiger partial charge in [-0.05, 0) is 38.8 Å². The van der Waals surface area contributed by atoms with Crippen molar-refractivity contribution >= 4 is 0 Å². The van der Waals surface area contributed by atoms with Gasteiger partial charge in [-0.1, -0.05) is 13.3 Å². The lowest BCUT2D eigenvalue weighted by Gasteiger charge is -2.09. The highest BCUT2D eigenvalue weighted by molar-refractivity contribution is 5.20. The zero-order valence-electron chi connectivity index (χ0n) is 9.29. The molecule has 0 N–H and O–H groups in total. The topological polar surface area (TPSA) is 22.1 Å². The zero-order valence-corrected chi connectivity index (χ0v) is 9.29. The Labute approximate surface area is 86.3 Å². The van der Waals surface area contributed by atoms with Gasteiger partial charge in [0.1, 0.15) is 5.75 Å². The summed E-state index contributed by atoms with van der Waals surface area (Å²) in [6.45, 7) is 6.23. The van der Waals surface area contributed by atoms with Crippen LogP contribution in [0.15, 0.2) is 18.3 Å². The third kappa shape index (κ3) is 3.77. The SMILES string of the molecule is CCCCc1ccc(OC(C)C)cn1. The molecule has 0 saturated carbocycles. The fraction of sp³-hybridized carbons (Fsp3) is 0.583. The lowest BCUT2D eigenvalue weighted by atomic mass is 10.2. The van der Waals surface area contributed by atoms with Crippen LogP contribution in [0.25, 0.3) is 0 Å². The Hall–Kier alpha value is -1.05. The van der Waals surface area contributed by atoms with E-state index in [1.54, 1.807) is 0 Å². The van der Waals surface area contributed by atoms with E-state index < -0.39 is 0 Å². The lowest BCUT2D eigenvalue weighted by molar-refractivity contribution is 0.241. The highest BCUT2D eigenvalue weighted by Gasteiger charge is 1.98. The molecule has 0 bridgehead atoms. The van der Waals surface area contributed by atoms with Crippen molar-refractivity contribution in [3.05, 3.63) is 24.0 Å². The van der Waals surface area contributed by atoms with Gasteiger partial charge < -0.3 is 4.74 Å². The summed E-state index contributed by atoms with van der Waals surface area (Å²) in [4.78, 5) is 4.34. The summed E-state index contributed by atoms with van der Waals surface area (Å²) in [7, 11) is 0. The van der Waals surface area contributed by atoms with Crippen LogP contribution in [0.1, 0.15) is 39.3 Å². The van der Waals surface area contributed by atoms with Crippen LogP contribution in [0.4, 0.5) is 0 Å². The van der Waals surface area contributed by atoms with Crippen molar-refractivity contribution in [2.75, 3.05) is 0 Å². The maximum absolute atomic E-state index is 5.51. The molecule has 1 aromatic rings. The fourth-order valence-electron chi connectivity index (χ4n) is 1.26. The van der Waals surface area contributed by atoms with Crippen LogP contribution in [0.5, 0.6) is 5.75 Å². The number of aryl methyl sites for hydroxylation is 1. The number of nitrogens with zero attached hydrogens (tertiary/aromatic N) is 1. The van der Waals surface area contributed by atoms with E-state index in [0.29, 0.717) is 0 Å². The smallest absolute Gasteiger partial charge is 0.137 e. The molecule has 1 aromatic heterocycles. The minimum atomic E-state index is 0.221. The zero-order chi connectivity index (χ0) is 10.4. The molecule has 0 aromatic carbocycles. The maximum atomic E-state index is 5.51. The molecule has 0 amide bonds. The molecule has 2 heteroatoms. The van der Waals surface area contributed by atoms with Gasteiger partial charge in [-0.15, -0.1) is 0 Å². The fourth-order valence-corrected chi connectivity index (χ4v) is 1.26. The highest BCUT2D eigenvalue weighted by Crippen LogP contribution is 2.12. The molecule has 78 valence electrons. The first-order valence-electron chi connectivity index (χ1n) is 5.34. The highest BCUT2D eigenvalue weighted by atomic mass is 16.5. The normalized spacial score (nSPS) is 10.6. The number of ether oxygens (including phenoxy) is 1. The van der Waals surface area contributed by atoms with Gasteiger partial charge >= 0.3 is 0 Å². The van der Waals surface area contributed by atoms with Crippen molar-refractivity contribution in [2.45, 2.75) is 46.1 Å². The number of hydrogen-bond acceptors (Lipinski definition) is 2. The van der Waals surface area contributed by atoms with Gasteiger partial charge in [-0.25, -0.2) is 0 Å². The van der Waals surface area contributed by atoms with E-state index in [2.05, 4.69) is 11.9 Å². The van der Waals surface area contributed by atoms with E-state index >= 15 is 0 Å². The first-order chi connectivity index (χ1) is 6.72. The third-order valence-electron chi connectivity index (χ3n) is 1.96. The second-order valence-corrected chi connectivity index (χ2v) is 3.76. The van der Waals surface area contributed by atoms with Crippen LogP contribution in [-0.4, -0.2) is 11.1 Å². The Morgan fingerprint density at radius 2 is 2.14 bits per heavy atom. The largest absolute Gasteiger partial charge is 0.489 e. The van der Waals surface area contributed by atoms with Gasteiger partial charge in [0.15, 0.2) is 0 Å². The molecule has 2 nitrogen and oxygen atoms in total. The molecule has 0 atom stereocenters. The van der Waals surface area contributed by atoms with Crippen molar-refractivity contribution in [1.82, 2.24) is 4.98 Å². The number of hydrogen-bond donors (Lipinski definition) is 0. The van der Waals surface area contributed by atoms with Gasteiger partial charge in [-0.2, -0.15) is 0 Å². The predicted octanol–water partition coefficient (Wildman–Crippen LogP) is 3.21. The Morgan fingerprint density at radius 3 is 2.64 bits per heavy atom. The van der Waals surface area contributed by atoms with Gasteiger partial charge in [0, 0.05) is 5.69 Å². The summed E-state index contributed by atoms with van der Waals surface area (Å²) in [5.74, 6) is 0.861. The molecule has 0 unspecified atom stereocenters. The Bertz CT molecular complexity index is 254. The van der Waals surface area contributed by atoms with Crippen molar-refractivity contribution in [3.63, 3.8) is 0 Å². The van der Waals surface area contributed by atoms with E-state index in [9.17, 15) is 0 Å². The van der Waals surface area contributed by atoms with E-state index in [-0.39, 0.29) is 6.10 Å². The van der Waals surface area contributed by atoms with E-state index in [1.165, 1.54) is 12.8 Å². The minimum absolute atomic E-state index is 0.221. The molecule has 14 heavy (non-hydrogen) atoms. The molecule has 0 spiro atoms. The van der Waals surface area contributed by atoms with Crippen molar-refractivity contribution in [1.29, 1.82) is 0 Å².